The quantitative estimate of drug-likeness (QED) is 0.726. The summed E-state index contributed by atoms with van der Waals surface area (Å²) in [7, 11) is 0. The highest BCUT2D eigenvalue weighted by atomic mass is 19.3. The number of aromatic nitrogens is 3. The molecule has 0 radical (unpaired) electrons. The van der Waals surface area contributed by atoms with E-state index in [1.54, 1.807) is 18.2 Å². The average Bonchev–Trinajstić information content (AvgIpc) is 3.07. The number of hydrogen-bond donors (Lipinski definition) is 2. The van der Waals surface area contributed by atoms with E-state index in [0.29, 0.717) is 22.0 Å². The molecule has 0 bridgehead atoms. The van der Waals surface area contributed by atoms with E-state index in [1.807, 2.05) is 0 Å². The van der Waals surface area contributed by atoms with Gasteiger partial charge >= 0.3 is 0 Å². The van der Waals surface area contributed by atoms with Crippen LogP contribution < -0.4 is 5.32 Å². The molecule has 140 valence electrons. The fourth-order valence-electron chi connectivity index (χ4n) is 3.37. The molecule has 1 aromatic carbocycles. The number of alkyl halides is 2. The van der Waals surface area contributed by atoms with E-state index in [4.69, 9.17) is 0 Å². The molecule has 1 saturated carbocycles. The number of carbonyl (C=O) groups is 1. The third-order valence-electron chi connectivity index (χ3n) is 4.87. The molecule has 0 saturated heterocycles. The summed E-state index contributed by atoms with van der Waals surface area (Å²) in [5, 5.41) is 10.2. The predicted octanol–water partition coefficient (Wildman–Crippen LogP) is 4.07. The maximum Gasteiger partial charge on any atom is 0.272 e. The van der Waals surface area contributed by atoms with Gasteiger partial charge in [-0.2, -0.15) is 5.10 Å². The van der Waals surface area contributed by atoms with E-state index in [9.17, 15) is 18.0 Å². The van der Waals surface area contributed by atoms with Crippen LogP contribution in [0.2, 0.25) is 0 Å². The van der Waals surface area contributed by atoms with Crippen LogP contribution in [0.5, 0.6) is 0 Å². The van der Waals surface area contributed by atoms with E-state index >= 15 is 0 Å². The van der Waals surface area contributed by atoms with Gasteiger partial charge in [-0.1, -0.05) is 6.07 Å². The molecule has 8 heteroatoms. The molecule has 0 unspecified atom stereocenters. The molecule has 5 nitrogen and oxygen atoms in total. The Kier molecular flexibility index (Phi) is 4.33. The molecule has 4 rings (SSSR count). The zero-order chi connectivity index (χ0) is 19.0. The summed E-state index contributed by atoms with van der Waals surface area (Å²) in [6, 6.07) is 6.33. The normalized spacial score (nSPS) is 17.1. The van der Waals surface area contributed by atoms with E-state index in [-0.39, 0.29) is 37.4 Å². The number of H-pyrrole nitrogens is 1. The average molecular weight is 374 g/mol. The smallest absolute Gasteiger partial charge is 0.272 e. The summed E-state index contributed by atoms with van der Waals surface area (Å²) in [6.07, 6.45) is 2.67. The molecule has 1 aliphatic carbocycles. The van der Waals surface area contributed by atoms with Crippen molar-refractivity contribution in [2.75, 3.05) is 0 Å². The number of carbonyl (C=O) groups excluding carboxylic acids is 1. The first-order chi connectivity index (χ1) is 12.9. The summed E-state index contributed by atoms with van der Waals surface area (Å²) in [6.45, 7) is 0. The van der Waals surface area contributed by atoms with Crippen molar-refractivity contribution in [2.45, 2.75) is 37.6 Å². The third kappa shape index (κ3) is 3.65. The van der Waals surface area contributed by atoms with Crippen molar-refractivity contribution >= 4 is 16.8 Å². The van der Waals surface area contributed by atoms with E-state index in [2.05, 4.69) is 20.5 Å². The number of benzene rings is 1. The fourth-order valence-corrected chi connectivity index (χ4v) is 3.37. The largest absolute Gasteiger partial charge is 0.348 e. The molecule has 1 aliphatic rings. The maximum atomic E-state index is 13.4. The molecule has 2 heterocycles. The van der Waals surface area contributed by atoms with Crippen LogP contribution in [-0.4, -0.2) is 33.1 Å². The van der Waals surface area contributed by atoms with Gasteiger partial charge in [0.1, 0.15) is 5.82 Å². The van der Waals surface area contributed by atoms with Crippen molar-refractivity contribution in [3.05, 3.63) is 48.2 Å². The molecule has 0 spiro atoms. The number of hydrogen-bond acceptors (Lipinski definition) is 3. The second kappa shape index (κ2) is 6.68. The van der Waals surface area contributed by atoms with Crippen molar-refractivity contribution in [1.29, 1.82) is 0 Å². The summed E-state index contributed by atoms with van der Waals surface area (Å²) in [5.41, 5.74) is 2.12. The van der Waals surface area contributed by atoms with Gasteiger partial charge in [0.15, 0.2) is 5.69 Å². The summed E-state index contributed by atoms with van der Waals surface area (Å²) < 4.78 is 40.0. The zero-order valence-electron chi connectivity index (χ0n) is 14.3. The third-order valence-corrected chi connectivity index (χ3v) is 4.87. The van der Waals surface area contributed by atoms with E-state index < -0.39 is 17.6 Å². The van der Waals surface area contributed by atoms with Gasteiger partial charge in [-0.15, -0.1) is 0 Å². The standard InChI is InChI=1S/C19H17F3N4O/c20-13-7-12(9-23-10-13)11-1-2-16-15(8-11)17(26-25-16)18(27)24-14-3-5-19(21,22)6-4-14/h1-2,7-10,14H,3-6H2,(H,24,27)(H,25,26). The van der Waals surface area contributed by atoms with Crippen LogP contribution in [0.15, 0.2) is 36.7 Å². The number of fused-ring (bicyclic) bond motifs is 1. The van der Waals surface area contributed by atoms with Crippen molar-refractivity contribution in [1.82, 2.24) is 20.5 Å². The van der Waals surface area contributed by atoms with Gasteiger partial charge in [0.2, 0.25) is 5.92 Å². The second-order valence-electron chi connectivity index (χ2n) is 6.83. The number of nitrogens with zero attached hydrogens (tertiary/aromatic N) is 2. The minimum Gasteiger partial charge on any atom is -0.348 e. The first-order valence-corrected chi connectivity index (χ1v) is 8.69. The zero-order valence-corrected chi connectivity index (χ0v) is 14.3. The van der Waals surface area contributed by atoms with E-state index in [0.717, 1.165) is 6.20 Å². The highest BCUT2D eigenvalue weighted by Crippen LogP contribution is 2.33. The molecule has 3 aromatic rings. The first kappa shape index (κ1) is 17.5. The Morgan fingerprint density at radius 3 is 2.67 bits per heavy atom. The minimum atomic E-state index is -2.64. The van der Waals surface area contributed by atoms with Gasteiger partial charge in [0.25, 0.3) is 5.91 Å². The number of halogens is 3. The van der Waals surface area contributed by atoms with Gasteiger partial charge in [0.05, 0.1) is 11.7 Å². The Balaban J connectivity index is 1.58. The summed E-state index contributed by atoms with van der Waals surface area (Å²) >= 11 is 0. The topological polar surface area (TPSA) is 70.7 Å². The Hall–Kier alpha value is -2.90. The maximum absolute atomic E-state index is 13.4. The highest BCUT2D eigenvalue weighted by molar-refractivity contribution is 6.05. The fraction of sp³-hybridized carbons (Fsp3) is 0.316. The molecule has 2 aromatic heterocycles. The first-order valence-electron chi connectivity index (χ1n) is 8.69. The number of nitrogens with one attached hydrogen (secondary N) is 2. The Bertz CT molecular complexity index is 992. The number of rotatable bonds is 3. The summed E-state index contributed by atoms with van der Waals surface area (Å²) in [5.74, 6) is -3.51. The molecule has 2 N–H and O–H groups in total. The molecule has 1 fully saturated rings. The molecule has 1 amide bonds. The predicted molar refractivity (Wildman–Crippen MR) is 94.0 cm³/mol. The van der Waals surface area contributed by atoms with Crippen molar-refractivity contribution in [3.63, 3.8) is 0 Å². The van der Waals surface area contributed by atoms with Crippen molar-refractivity contribution in [3.8, 4) is 11.1 Å². The molecular weight excluding hydrogens is 357 g/mol. The van der Waals surface area contributed by atoms with Crippen LogP contribution in [0.3, 0.4) is 0 Å². The second-order valence-corrected chi connectivity index (χ2v) is 6.83. The van der Waals surface area contributed by atoms with Crippen LogP contribution in [-0.2, 0) is 0 Å². The lowest BCUT2D eigenvalue weighted by Gasteiger charge is -2.28. The molecule has 0 aliphatic heterocycles. The molecular formula is C19H17F3N4O. The lowest BCUT2D eigenvalue weighted by molar-refractivity contribution is -0.0399. The van der Waals surface area contributed by atoms with Crippen LogP contribution >= 0.6 is 0 Å². The van der Waals surface area contributed by atoms with Gasteiger partial charge in [-0.25, -0.2) is 13.2 Å². The Labute approximate surface area is 153 Å². The van der Waals surface area contributed by atoms with E-state index in [1.165, 1.54) is 12.3 Å². The lowest BCUT2D eigenvalue weighted by atomic mass is 9.92. The monoisotopic (exact) mass is 374 g/mol. The molecule has 27 heavy (non-hydrogen) atoms. The number of pyridine rings is 1. The minimum absolute atomic E-state index is 0.188. The van der Waals surface area contributed by atoms with Crippen molar-refractivity contribution < 1.29 is 18.0 Å². The highest BCUT2D eigenvalue weighted by Gasteiger charge is 2.35. The Morgan fingerprint density at radius 2 is 1.93 bits per heavy atom. The van der Waals surface area contributed by atoms with Crippen molar-refractivity contribution in [2.24, 2.45) is 0 Å². The molecule has 0 atom stereocenters. The van der Waals surface area contributed by atoms with Gasteiger partial charge in [-0.05, 0) is 36.6 Å². The number of aromatic amines is 1. The van der Waals surface area contributed by atoms with Gasteiger partial charge in [0, 0.05) is 36.0 Å². The van der Waals surface area contributed by atoms with Gasteiger partial charge < -0.3 is 5.32 Å². The van der Waals surface area contributed by atoms with Crippen LogP contribution in [0.1, 0.15) is 36.2 Å². The lowest BCUT2D eigenvalue weighted by Crippen LogP contribution is -2.40. The van der Waals surface area contributed by atoms with Crippen LogP contribution in [0.25, 0.3) is 22.0 Å². The summed E-state index contributed by atoms with van der Waals surface area (Å²) in [4.78, 5) is 16.4. The Morgan fingerprint density at radius 1 is 1.15 bits per heavy atom. The SMILES string of the molecule is O=C(NC1CCC(F)(F)CC1)c1n[nH]c2ccc(-c3cncc(F)c3)cc12. The van der Waals surface area contributed by atoms with Gasteiger partial charge in [-0.3, -0.25) is 14.9 Å². The number of amides is 1. The van der Waals surface area contributed by atoms with Crippen LogP contribution in [0, 0.1) is 5.82 Å². The van der Waals surface area contributed by atoms with Crippen LogP contribution in [0.4, 0.5) is 13.2 Å².